The van der Waals surface area contributed by atoms with Crippen LogP contribution < -0.4 is 0 Å². The summed E-state index contributed by atoms with van der Waals surface area (Å²) in [5, 5.41) is 14.0. The first-order valence-electron chi connectivity index (χ1n) is 5.37. The summed E-state index contributed by atoms with van der Waals surface area (Å²) in [7, 11) is 0. The first-order chi connectivity index (χ1) is 7.70. The quantitative estimate of drug-likeness (QED) is 0.854. The fourth-order valence-electron chi connectivity index (χ4n) is 1.81. The van der Waals surface area contributed by atoms with Gasteiger partial charge in [-0.15, -0.1) is 0 Å². The average molecular weight is 218 g/mol. The first kappa shape index (κ1) is 10.7. The molecule has 2 rings (SSSR count). The molecule has 2 aromatic rings. The minimum atomic E-state index is -0.805. The fraction of sp³-hybridized carbons (Fsp3) is 0.333. The van der Waals surface area contributed by atoms with Crippen molar-refractivity contribution in [3.05, 3.63) is 30.0 Å². The highest BCUT2D eigenvalue weighted by Crippen LogP contribution is 2.16. The summed E-state index contributed by atoms with van der Waals surface area (Å²) in [6.45, 7) is 2.99. The van der Waals surface area contributed by atoms with Crippen LogP contribution in [0.2, 0.25) is 0 Å². The van der Waals surface area contributed by atoms with E-state index in [2.05, 4.69) is 12.0 Å². The summed E-state index contributed by atoms with van der Waals surface area (Å²) in [6, 6.07) is 5.68. The van der Waals surface area contributed by atoms with Gasteiger partial charge in [-0.05, 0) is 24.1 Å². The number of nitrogens with zero attached hydrogens (tertiary/aromatic N) is 2. The topological polar surface area (TPSA) is 55.1 Å². The number of hydrogen-bond acceptors (Lipinski definition) is 2. The zero-order valence-corrected chi connectivity index (χ0v) is 9.18. The van der Waals surface area contributed by atoms with Crippen LogP contribution in [-0.4, -0.2) is 20.9 Å². The number of aliphatic carboxylic acids is 1. The van der Waals surface area contributed by atoms with Crippen molar-refractivity contribution in [2.75, 3.05) is 0 Å². The molecule has 0 saturated heterocycles. The summed E-state index contributed by atoms with van der Waals surface area (Å²) in [4.78, 5) is 10.6. The Morgan fingerprint density at radius 1 is 1.50 bits per heavy atom. The summed E-state index contributed by atoms with van der Waals surface area (Å²) < 4.78 is 1.94. The normalized spacial score (nSPS) is 10.8. The molecule has 1 aromatic heterocycles. The van der Waals surface area contributed by atoms with Gasteiger partial charge in [-0.25, -0.2) is 0 Å². The molecular weight excluding hydrogens is 204 g/mol. The van der Waals surface area contributed by atoms with Gasteiger partial charge in [0.05, 0.1) is 18.1 Å². The second-order valence-corrected chi connectivity index (χ2v) is 3.83. The standard InChI is InChI=1S/C12H14N2O2/c1-2-5-14-11-4-3-9(7-12(15)16)6-10(11)8-13-14/h3-4,6,8H,2,5,7H2,1H3,(H,15,16). The van der Waals surface area contributed by atoms with Crippen LogP contribution in [-0.2, 0) is 17.8 Å². The number of carboxylic acids is 1. The molecule has 1 aromatic carbocycles. The Kier molecular flexibility index (Phi) is 2.90. The van der Waals surface area contributed by atoms with Crippen LogP contribution in [0.1, 0.15) is 18.9 Å². The minimum absolute atomic E-state index is 0.0644. The highest BCUT2D eigenvalue weighted by Gasteiger charge is 2.05. The van der Waals surface area contributed by atoms with E-state index in [1.165, 1.54) is 0 Å². The van der Waals surface area contributed by atoms with Gasteiger partial charge in [-0.3, -0.25) is 9.48 Å². The molecule has 0 fully saturated rings. The van der Waals surface area contributed by atoms with Crippen LogP contribution in [0.15, 0.2) is 24.4 Å². The number of rotatable bonds is 4. The Bertz CT molecular complexity index is 517. The largest absolute Gasteiger partial charge is 0.481 e. The SMILES string of the molecule is CCCn1ncc2cc(CC(=O)O)ccc21. The number of fused-ring (bicyclic) bond motifs is 1. The highest BCUT2D eigenvalue weighted by molar-refractivity contribution is 5.81. The van der Waals surface area contributed by atoms with Crippen LogP contribution in [0, 0.1) is 0 Å². The predicted molar refractivity (Wildman–Crippen MR) is 61.4 cm³/mol. The van der Waals surface area contributed by atoms with E-state index < -0.39 is 5.97 Å². The molecule has 1 heterocycles. The third-order valence-electron chi connectivity index (χ3n) is 2.50. The van der Waals surface area contributed by atoms with Gasteiger partial charge in [0, 0.05) is 11.9 Å². The molecule has 0 radical (unpaired) electrons. The molecule has 4 nitrogen and oxygen atoms in total. The highest BCUT2D eigenvalue weighted by atomic mass is 16.4. The van der Waals surface area contributed by atoms with Crippen molar-refractivity contribution >= 4 is 16.9 Å². The van der Waals surface area contributed by atoms with E-state index in [1.54, 1.807) is 6.20 Å². The third-order valence-corrected chi connectivity index (χ3v) is 2.50. The maximum Gasteiger partial charge on any atom is 0.307 e. The molecule has 4 heteroatoms. The lowest BCUT2D eigenvalue weighted by Gasteiger charge is -2.01. The number of benzene rings is 1. The molecule has 0 bridgehead atoms. The smallest absolute Gasteiger partial charge is 0.307 e. The van der Waals surface area contributed by atoms with Gasteiger partial charge in [0.1, 0.15) is 0 Å². The maximum absolute atomic E-state index is 10.6. The van der Waals surface area contributed by atoms with Crippen molar-refractivity contribution in [2.45, 2.75) is 26.3 Å². The lowest BCUT2D eigenvalue weighted by Crippen LogP contribution is -2.00. The molecular formula is C12H14N2O2. The van der Waals surface area contributed by atoms with Crippen molar-refractivity contribution < 1.29 is 9.90 Å². The summed E-state index contributed by atoms with van der Waals surface area (Å²) in [6.07, 6.45) is 2.89. The number of aryl methyl sites for hydroxylation is 1. The molecule has 84 valence electrons. The zero-order valence-electron chi connectivity index (χ0n) is 9.18. The molecule has 0 spiro atoms. The molecule has 0 aliphatic carbocycles. The minimum Gasteiger partial charge on any atom is -0.481 e. The molecule has 0 aliphatic heterocycles. The van der Waals surface area contributed by atoms with Crippen molar-refractivity contribution in [1.29, 1.82) is 0 Å². The molecule has 0 unspecified atom stereocenters. The van der Waals surface area contributed by atoms with Crippen molar-refractivity contribution in [3.63, 3.8) is 0 Å². The first-order valence-corrected chi connectivity index (χ1v) is 5.37. The van der Waals surface area contributed by atoms with Crippen molar-refractivity contribution in [1.82, 2.24) is 9.78 Å². The second-order valence-electron chi connectivity index (χ2n) is 3.83. The second kappa shape index (κ2) is 4.35. The summed E-state index contributed by atoms with van der Waals surface area (Å²) in [5.41, 5.74) is 1.88. The van der Waals surface area contributed by atoms with Crippen LogP contribution in [0.3, 0.4) is 0 Å². The van der Waals surface area contributed by atoms with Gasteiger partial charge < -0.3 is 5.11 Å². The van der Waals surface area contributed by atoms with Gasteiger partial charge in [0.15, 0.2) is 0 Å². The summed E-state index contributed by atoms with van der Waals surface area (Å²) in [5.74, 6) is -0.805. The number of aromatic nitrogens is 2. The lowest BCUT2D eigenvalue weighted by molar-refractivity contribution is -0.136. The molecule has 1 N–H and O–H groups in total. The Balaban J connectivity index is 2.37. The van der Waals surface area contributed by atoms with Crippen molar-refractivity contribution in [2.24, 2.45) is 0 Å². The van der Waals surface area contributed by atoms with Crippen LogP contribution >= 0.6 is 0 Å². The lowest BCUT2D eigenvalue weighted by atomic mass is 10.1. The number of carboxylic acid groups (broad SMARTS) is 1. The van der Waals surface area contributed by atoms with E-state index in [9.17, 15) is 4.79 Å². The molecule has 0 aliphatic rings. The Hall–Kier alpha value is -1.84. The molecule has 0 saturated carbocycles. The van der Waals surface area contributed by atoms with E-state index in [4.69, 9.17) is 5.11 Å². The van der Waals surface area contributed by atoms with Gasteiger partial charge in [0.2, 0.25) is 0 Å². The average Bonchev–Trinajstić information content (AvgIpc) is 2.61. The maximum atomic E-state index is 10.6. The van der Waals surface area contributed by atoms with Crippen molar-refractivity contribution in [3.8, 4) is 0 Å². The van der Waals surface area contributed by atoms with Gasteiger partial charge in [-0.1, -0.05) is 13.0 Å². The molecule has 16 heavy (non-hydrogen) atoms. The molecule has 0 atom stereocenters. The van der Waals surface area contributed by atoms with Gasteiger partial charge in [-0.2, -0.15) is 5.10 Å². The van der Waals surface area contributed by atoms with E-state index in [1.807, 2.05) is 22.9 Å². The Morgan fingerprint density at radius 3 is 3.00 bits per heavy atom. The third kappa shape index (κ3) is 2.05. The van der Waals surface area contributed by atoms with Crippen LogP contribution in [0.25, 0.3) is 10.9 Å². The zero-order chi connectivity index (χ0) is 11.5. The Morgan fingerprint density at radius 2 is 2.31 bits per heavy atom. The predicted octanol–water partition coefficient (Wildman–Crippen LogP) is 2.07. The number of hydrogen-bond donors (Lipinski definition) is 1. The monoisotopic (exact) mass is 218 g/mol. The van der Waals surface area contributed by atoms with E-state index in [-0.39, 0.29) is 6.42 Å². The Labute approximate surface area is 93.5 Å². The van der Waals surface area contributed by atoms with Crippen LogP contribution in [0.5, 0.6) is 0 Å². The number of carbonyl (C=O) groups is 1. The van der Waals surface area contributed by atoms with Gasteiger partial charge >= 0.3 is 5.97 Å². The molecule has 0 amide bonds. The van der Waals surface area contributed by atoms with Gasteiger partial charge in [0.25, 0.3) is 0 Å². The van der Waals surface area contributed by atoms with E-state index in [0.29, 0.717) is 0 Å². The summed E-state index contributed by atoms with van der Waals surface area (Å²) >= 11 is 0. The fourth-order valence-corrected chi connectivity index (χ4v) is 1.81. The van der Waals surface area contributed by atoms with Crippen LogP contribution in [0.4, 0.5) is 0 Å². The van der Waals surface area contributed by atoms with E-state index >= 15 is 0 Å². The van der Waals surface area contributed by atoms with E-state index in [0.717, 1.165) is 29.4 Å².